The van der Waals surface area contributed by atoms with Crippen molar-refractivity contribution < 1.29 is 14.1 Å². The third-order valence-electron chi connectivity index (χ3n) is 3.07. The first-order valence-electron chi connectivity index (χ1n) is 7.70. The number of hydrogen-bond donors (Lipinski definition) is 2. The topological polar surface area (TPSA) is 89.3 Å². The number of nitrogens with zero attached hydrogens (tertiary/aromatic N) is 2. The van der Waals surface area contributed by atoms with Crippen LogP contribution in [-0.2, 0) is 6.61 Å². The van der Waals surface area contributed by atoms with Crippen LogP contribution in [0.4, 0.5) is 0 Å². The number of rotatable bonds is 9. The maximum absolute atomic E-state index is 12.2. The van der Waals surface area contributed by atoms with E-state index in [2.05, 4.69) is 27.7 Å². The van der Waals surface area contributed by atoms with Gasteiger partial charge in [0.1, 0.15) is 5.75 Å². The summed E-state index contributed by atoms with van der Waals surface area (Å²) < 4.78 is 10.5. The Kier molecular flexibility index (Phi) is 8.81. The summed E-state index contributed by atoms with van der Waals surface area (Å²) in [6.45, 7) is 6.22. The molecule has 0 aliphatic carbocycles. The highest BCUT2D eigenvalue weighted by Gasteiger charge is 2.12. The summed E-state index contributed by atoms with van der Waals surface area (Å²) in [5.74, 6) is 1.26. The average molecular weight is 355 g/mol. The summed E-state index contributed by atoms with van der Waals surface area (Å²) in [5, 5.41) is 9.87. The Morgan fingerprint density at radius 3 is 2.75 bits per heavy atom. The molecule has 0 radical (unpaired) electrons. The van der Waals surface area contributed by atoms with Crippen LogP contribution >= 0.6 is 12.4 Å². The van der Waals surface area contributed by atoms with E-state index in [1.165, 1.54) is 0 Å². The van der Waals surface area contributed by atoms with Crippen LogP contribution in [0.3, 0.4) is 0 Å². The van der Waals surface area contributed by atoms with E-state index in [4.69, 9.17) is 9.26 Å². The Balaban J connectivity index is 0.00000288. The molecular weight excluding hydrogens is 332 g/mol. The molecule has 0 atom stereocenters. The van der Waals surface area contributed by atoms with Crippen LogP contribution in [0.25, 0.3) is 0 Å². The van der Waals surface area contributed by atoms with E-state index >= 15 is 0 Å². The van der Waals surface area contributed by atoms with Crippen LogP contribution in [0, 0.1) is 6.92 Å². The van der Waals surface area contributed by atoms with Crippen molar-refractivity contribution in [3.8, 4) is 5.75 Å². The van der Waals surface area contributed by atoms with Crippen molar-refractivity contribution in [2.75, 3.05) is 19.6 Å². The number of amides is 1. The van der Waals surface area contributed by atoms with E-state index in [9.17, 15) is 4.79 Å². The molecule has 24 heavy (non-hydrogen) atoms. The number of aromatic nitrogens is 2. The predicted molar refractivity (Wildman–Crippen MR) is 92.6 cm³/mol. The largest absolute Gasteiger partial charge is 0.485 e. The Hall–Kier alpha value is -2.12. The van der Waals surface area contributed by atoms with Crippen molar-refractivity contribution in [3.63, 3.8) is 0 Å². The second-order valence-electron chi connectivity index (χ2n) is 5.02. The first-order chi connectivity index (χ1) is 11.2. The van der Waals surface area contributed by atoms with Gasteiger partial charge in [-0.2, -0.15) is 4.98 Å². The van der Waals surface area contributed by atoms with E-state index in [0.717, 1.165) is 19.5 Å². The highest BCUT2D eigenvalue weighted by molar-refractivity contribution is 5.96. The molecule has 1 amide bonds. The van der Waals surface area contributed by atoms with Crippen molar-refractivity contribution in [3.05, 3.63) is 41.5 Å². The van der Waals surface area contributed by atoms with Crippen molar-refractivity contribution >= 4 is 18.3 Å². The van der Waals surface area contributed by atoms with Crippen LogP contribution in [-0.4, -0.2) is 35.7 Å². The van der Waals surface area contributed by atoms with Crippen molar-refractivity contribution in [1.29, 1.82) is 0 Å². The van der Waals surface area contributed by atoms with Gasteiger partial charge in [0.15, 0.2) is 6.61 Å². The molecular formula is C16H23ClN4O3. The van der Waals surface area contributed by atoms with Crippen LogP contribution in [0.5, 0.6) is 5.75 Å². The molecule has 0 aliphatic heterocycles. The number of halogens is 1. The van der Waals surface area contributed by atoms with Crippen LogP contribution < -0.4 is 15.4 Å². The zero-order chi connectivity index (χ0) is 16.5. The summed E-state index contributed by atoms with van der Waals surface area (Å²) in [6, 6.07) is 7.09. The Labute approximate surface area is 147 Å². The second-order valence-corrected chi connectivity index (χ2v) is 5.02. The van der Waals surface area contributed by atoms with Gasteiger partial charge < -0.3 is 19.9 Å². The molecule has 0 bridgehead atoms. The molecule has 2 N–H and O–H groups in total. The molecule has 2 rings (SSSR count). The van der Waals surface area contributed by atoms with Crippen molar-refractivity contribution in [2.45, 2.75) is 26.9 Å². The molecule has 7 nitrogen and oxygen atoms in total. The van der Waals surface area contributed by atoms with Gasteiger partial charge in [0.25, 0.3) is 5.91 Å². The van der Waals surface area contributed by atoms with Gasteiger partial charge >= 0.3 is 0 Å². The van der Waals surface area contributed by atoms with Crippen LogP contribution in [0.2, 0.25) is 0 Å². The smallest absolute Gasteiger partial charge is 0.255 e. The Bertz CT molecular complexity index is 633. The number of nitrogens with one attached hydrogen (secondary N) is 2. The summed E-state index contributed by atoms with van der Waals surface area (Å²) in [7, 11) is 0. The quantitative estimate of drug-likeness (QED) is 0.670. The molecule has 8 heteroatoms. The molecule has 0 aliphatic rings. The summed E-state index contributed by atoms with van der Waals surface area (Å²) in [6.07, 6.45) is 1.07. The summed E-state index contributed by atoms with van der Waals surface area (Å²) in [5.41, 5.74) is 0.489. The lowest BCUT2D eigenvalue weighted by molar-refractivity contribution is 0.0949. The highest BCUT2D eigenvalue weighted by Crippen LogP contribution is 2.18. The third kappa shape index (κ3) is 6.17. The minimum atomic E-state index is -0.164. The molecule has 1 heterocycles. The van der Waals surface area contributed by atoms with Crippen molar-refractivity contribution in [2.24, 2.45) is 0 Å². The molecule has 1 aromatic carbocycles. The maximum Gasteiger partial charge on any atom is 0.255 e. The minimum absolute atomic E-state index is 0. The number of hydrogen-bond acceptors (Lipinski definition) is 6. The molecule has 132 valence electrons. The Morgan fingerprint density at radius 1 is 1.25 bits per heavy atom. The lowest BCUT2D eigenvalue weighted by Gasteiger charge is -2.11. The highest BCUT2D eigenvalue weighted by atomic mass is 35.5. The van der Waals surface area contributed by atoms with Gasteiger partial charge in [-0.3, -0.25) is 4.79 Å². The zero-order valence-corrected chi connectivity index (χ0v) is 14.7. The lowest BCUT2D eigenvalue weighted by atomic mass is 10.2. The summed E-state index contributed by atoms with van der Waals surface area (Å²) in [4.78, 5) is 16.3. The van der Waals surface area contributed by atoms with Gasteiger partial charge in [0.2, 0.25) is 11.7 Å². The van der Waals surface area contributed by atoms with E-state index < -0.39 is 0 Å². The molecule has 0 saturated heterocycles. The van der Waals surface area contributed by atoms with E-state index in [1.54, 1.807) is 25.1 Å². The van der Waals surface area contributed by atoms with Crippen LogP contribution in [0.1, 0.15) is 35.4 Å². The molecule has 2 aromatic rings. The first kappa shape index (κ1) is 19.9. The molecule has 1 aromatic heterocycles. The summed E-state index contributed by atoms with van der Waals surface area (Å²) >= 11 is 0. The molecule has 0 fully saturated rings. The van der Waals surface area contributed by atoms with Gasteiger partial charge in [-0.05, 0) is 25.1 Å². The molecule has 0 saturated carbocycles. The van der Waals surface area contributed by atoms with E-state index in [1.807, 2.05) is 6.07 Å². The SMILES string of the molecule is CCCNCCNC(=O)c1ccccc1OCc1noc(C)n1.Cl. The van der Waals surface area contributed by atoms with E-state index in [-0.39, 0.29) is 24.9 Å². The van der Waals surface area contributed by atoms with Gasteiger partial charge in [0, 0.05) is 20.0 Å². The fourth-order valence-corrected chi connectivity index (χ4v) is 1.98. The predicted octanol–water partition coefficient (Wildman–Crippen LogP) is 2.11. The second kappa shape index (κ2) is 10.6. The van der Waals surface area contributed by atoms with Crippen molar-refractivity contribution in [1.82, 2.24) is 20.8 Å². The molecule has 0 spiro atoms. The third-order valence-corrected chi connectivity index (χ3v) is 3.07. The van der Waals surface area contributed by atoms with Gasteiger partial charge in [-0.15, -0.1) is 12.4 Å². The van der Waals surface area contributed by atoms with Gasteiger partial charge in [0.05, 0.1) is 5.56 Å². The fraction of sp³-hybridized carbons (Fsp3) is 0.438. The van der Waals surface area contributed by atoms with Gasteiger partial charge in [-0.1, -0.05) is 24.2 Å². The Morgan fingerprint density at radius 2 is 2.04 bits per heavy atom. The number of carbonyl (C=O) groups excluding carboxylic acids is 1. The first-order valence-corrected chi connectivity index (χ1v) is 7.70. The lowest BCUT2D eigenvalue weighted by Crippen LogP contribution is -2.32. The molecule has 0 unspecified atom stereocenters. The number of benzene rings is 1. The number of aryl methyl sites for hydroxylation is 1. The monoisotopic (exact) mass is 354 g/mol. The normalized spacial score (nSPS) is 10.1. The van der Waals surface area contributed by atoms with Crippen LogP contribution in [0.15, 0.2) is 28.8 Å². The zero-order valence-electron chi connectivity index (χ0n) is 13.9. The maximum atomic E-state index is 12.2. The fourth-order valence-electron chi connectivity index (χ4n) is 1.98. The standard InChI is InChI=1S/C16H22N4O3.ClH/c1-3-8-17-9-10-18-16(21)13-6-4-5-7-14(13)22-11-15-19-12(2)23-20-15;/h4-7,17H,3,8-11H2,1-2H3,(H,18,21);1H. The number of carbonyl (C=O) groups is 1. The number of para-hydroxylation sites is 1. The van der Waals surface area contributed by atoms with E-state index in [0.29, 0.717) is 29.6 Å². The average Bonchev–Trinajstić information content (AvgIpc) is 2.98. The van der Waals surface area contributed by atoms with Gasteiger partial charge in [-0.25, -0.2) is 0 Å². The minimum Gasteiger partial charge on any atom is -0.485 e. The number of ether oxygens (including phenoxy) is 1.